The summed E-state index contributed by atoms with van der Waals surface area (Å²) in [6.45, 7) is 3.84. The molecule has 178 valence electrons. The van der Waals surface area contributed by atoms with Crippen LogP contribution in [0.25, 0.3) is 10.9 Å². The summed E-state index contributed by atoms with van der Waals surface area (Å²) in [7, 11) is 0. The number of aliphatic carboxylic acids is 1. The van der Waals surface area contributed by atoms with Crippen molar-refractivity contribution in [1.82, 2.24) is 9.88 Å². The molecule has 5 heteroatoms. The molecule has 0 bridgehead atoms. The highest BCUT2D eigenvalue weighted by Gasteiger charge is 2.38. The van der Waals surface area contributed by atoms with Crippen LogP contribution >= 0.6 is 0 Å². The highest BCUT2D eigenvalue weighted by Crippen LogP contribution is 2.49. The van der Waals surface area contributed by atoms with Gasteiger partial charge in [0.1, 0.15) is 5.75 Å². The van der Waals surface area contributed by atoms with Gasteiger partial charge in [-0.2, -0.15) is 0 Å². The zero-order valence-electron chi connectivity index (χ0n) is 20.0. The zero-order chi connectivity index (χ0) is 22.8. The molecular formula is C28H38N2O3. The smallest absolute Gasteiger partial charge is 0.306 e. The second kappa shape index (κ2) is 9.61. The fourth-order valence-electron chi connectivity index (χ4n) is 6.63. The van der Waals surface area contributed by atoms with E-state index in [-0.39, 0.29) is 12.0 Å². The van der Waals surface area contributed by atoms with Crippen molar-refractivity contribution >= 4 is 16.9 Å². The molecule has 1 aromatic carbocycles. The number of piperidine rings is 1. The van der Waals surface area contributed by atoms with Gasteiger partial charge in [0, 0.05) is 5.39 Å². The van der Waals surface area contributed by atoms with Crippen LogP contribution in [0.15, 0.2) is 30.3 Å². The largest absolute Gasteiger partial charge is 0.490 e. The van der Waals surface area contributed by atoms with Gasteiger partial charge in [-0.3, -0.25) is 14.7 Å². The average Bonchev–Trinajstić information content (AvgIpc) is 3.29. The Labute approximate surface area is 197 Å². The second-order valence-corrected chi connectivity index (χ2v) is 10.7. The minimum atomic E-state index is -0.657. The number of aromatic nitrogens is 1. The third kappa shape index (κ3) is 4.89. The summed E-state index contributed by atoms with van der Waals surface area (Å²) in [5.74, 6) is 0.109. The third-order valence-electron chi connectivity index (χ3n) is 8.69. The Morgan fingerprint density at radius 1 is 1.09 bits per heavy atom. The molecule has 3 aliphatic rings. The van der Waals surface area contributed by atoms with Crippen molar-refractivity contribution in [2.75, 3.05) is 13.1 Å². The number of pyridine rings is 1. The fraction of sp³-hybridized carbons (Fsp3) is 0.643. The van der Waals surface area contributed by atoms with E-state index in [1.165, 1.54) is 51.4 Å². The first-order valence-corrected chi connectivity index (χ1v) is 13.1. The summed E-state index contributed by atoms with van der Waals surface area (Å²) in [6, 6.07) is 10.9. The number of ether oxygens (including phenoxy) is 1. The Bertz CT molecular complexity index is 966. The van der Waals surface area contributed by atoms with Gasteiger partial charge in [-0.25, -0.2) is 0 Å². The van der Waals surface area contributed by atoms with Gasteiger partial charge in [0.15, 0.2) is 0 Å². The zero-order valence-corrected chi connectivity index (χ0v) is 20.0. The molecule has 5 rings (SSSR count). The van der Waals surface area contributed by atoms with Gasteiger partial charge in [-0.1, -0.05) is 25.8 Å². The SMILES string of the molecule is CCC(c1ccc2cc(OC3CCC4(CCCC4)CC3)ccc2n1)N1CCC(C(=O)O)CC1. The predicted octanol–water partition coefficient (Wildman–Crippen LogP) is 6.36. The molecule has 1 unspecified atom stereocenters. The molecule has 3 fully saturated rings. The summed E-state index contributed by atoms with van der Waals surface area (Å²) >= 11 is 0. The fourth-order valence-corrected chi connectivity index (χ4v) is 6.63. The number of fused-ring (bicyclic) bond motifs is 1. The third-order valence-corrected chi connectivity index (χ3v) is 8.69. The molecule has 1 atom stereocenters. The number of carbonyl (C=O) groups is 1. The van der Waals surface area contributed by atoms with Crippen molar-refractivity contribution in [2.24, 2.45) is 11.3 Å². The van der Waals surface area contributed by atoms with Crippen LogP contribution in [0.5, 0.6) is 5.75 Å². The Morgan fingerprint density at radius 2 is 1.82 bits per heavy atom. The Balaban J connectivity index is 1.24. The van der Waals surface area contributed by atoms with Gasteiger partial charge >= 0.3 is 5.97 Å². The number of rotatable bonds is 6. The van der Waals surface area contributed by atoms with E-state index in [0.717, 1.165) is 54.7 Å². The highest BCUT2D eigenvalue weighted by atomic mass is 16.5. The van der Waals surface area contributed by atoms with Crippen molar-refractivity contribution in [1.29, 1.82) is 0 Å². The Kier molecular flexibility index (Phi) is 6.60. The first-order chi connectivity index (χ1) is 16.0. The minimum absolute atomic E-state index is 0.199. The summed E-state index contributed by atoms with van der Waals surface area (Å²) < 4.78 is 6.41. The lowest BCUT2D eigenvalue weighted by Crippen LogP contribution is -2.38. The van der Waals surface area contributed by atoms with Crippen LogP contribution in [-0.4, -0.2) is 40.2 Å². The van der Waals surface area contributed by atoms with E-state index >= 15 is 0 Å². The van der Waals surface area contributed by atoms with E-state index in [9.17, 15) is 9.90 Å². The van der Waals surface area contributed by atoms with Gasteiger partial charge in [0.2, 0.25) is 0 Å². The van der Waals surface area contributed by atoms with Gasteiger partial charge < -0.3 is 9.84 Å². The van der Waals surface area contributed by atoms with Crippen molar-refractivity contribution in [3.63, 3.8) is 0 Å². The lowest BCUT2D eigenvalue weighted by molar-refractivity contribution is -0.143. The number of hydrogen-bond donors (Lipinski definition) is 1. The van der Waals surface area contributed by atoms with Gasteiger partial charge in [0.25, 0.3) is 0 Å². The van der Waals surface area contributed by atoms with Crippen LogP contribution in [-0.2, 0) is 4.79 Å². The van der Waals surface area contributed by atoms with Crippen molar-refractivity contribution < 1.29 is 14.6 Å². The van der Waals surface area contributed by atoms with E-state index in [1.807, 2.05) is 0 Å². The van der Waals surface area contributed by atoms with Crippen molar-refractivity contribution in [3.8, 4) is 5.75 Å². The van der Waals surface area contributed by atoms with Crippen LogP contribution in [0, 0.1) is 11.3 Å². The number of carboxylic acid groups (broad SMARTS) is 1. The maximum Gasteiger partial charge on any atom is 0.306 e. The monoisotopic (exact) mass is 450 g/mol. The highest BCUT2D eigenvalue weighted by molar-refractivity contribution is 5.80. The first kappa shape index (κ1) is 22.6. The average molecular weight is 451 g/mol. The maximum atomic E-state index is 11.3. The summed E-state index contributed by atoms with van der Waals surface area (Å²) in [6.07, 6.45) is 13.5. The number of nitrogens with zero attached hydrogens (tertiary/aromatic N) is 2. The van der Waals surface area contributed by atoms with Crippen molar-refractivity contribution in [2.45, 2.75) is 89.7 Å². The Morgan fingerprint density at radius 3 is 2.48 bits per heavy atom. The molecule has 2 aromatic rings. The molecule has 0 radical (unpaired) electrons. The number of hydrogen-bond acceptors (Lipinski definition) is 4. The van der Waals surface area contributed by atoms with E-state index in [2.05, 4.69) is 42.2 Å². The first-order valence-electron chi connectivity index (χ1n) is 13.1. The van der Waals surface area contributed by atoms with E-state index in [4.69, 9.17) is 9.72 Å². The lowest BCUT2D eigenvalue weighted by Gasteiger charge is -2.37. The topological polar surface area (TPSA) is 62.7 Å². The van der Waals surface area contributed by atoms with E-state index < -0.39 is 5.97 Å². The molecule has 1 aliphatic heterocycles. The van der Waals surface area contributed by atoms with Crippen LogP contribution in [0.2, 0.25) is 0 Å². The number of benzene rings is 1. The second-order valence-electron chi connectivity index (χ2n) is 10.7. The number of likely N-dealkylation sites (tertiary alicyclic amines) is 1. The molecule has 2 heterocycles. The van der Waals surface area contributed by atoms with Gasteiger partial charge in [0.05, 0.1) is 29.3 Å². The van der Waals surface area contributed by atoms with Crippen LogP contribution in [0.4, 0.5) is 0 Å². The summed E-state index contributed by atoms with van der Waals surface area (Å²) in [5.41, 5.74) is 2.73. The molecule has 1 aromatic heterocycles. The van der Waals surface area contributed by atoms with Crippen LogP contribution < -0.4 is 4.74 Å². The Hall–Kier alpha value is -2.14. The lowest BCUT2D eigenvalue weighted by atomic mass is 9.72. The van der Waals surface area contributed by atoms with Gasteiger partial charge in [-0.05, 0) is 101 Å². The van der Waals surface area contributed by atoms with E-state index in [1.54, 1.807) is 0 Å². The quantitative estimate of drug-likeness (QED) is 0.554. The molecule has 1 spiro atoms. The minimum Gasteiger partial charge on any atom is -0.490 e. The van der Waals surface area contributed by atoms with E-state index in [0.29, 0.717) is 11.5 Å². The molecule has 5 nitrogen and oxygen atoms in total. The number of carboxylic acids is 1. The maximum absolute atomic E-state index is 11.3. The molecule has 33 heavy (non-hydrogen) atoms. The van der Waals surface area contributed by atoms with Gasteiger partial charge in [-0.15, -0.1) is 0 Å². The molecule has 1 N–H and O–H groups in total. The molecule has 2 saturated carbocycles. The molecular weight excluding hydrogens is 412 g/mol. The normalized spacial score (nSPS) is 23.2. The predicted molar refractivity (Wildman–Crippen MR) is 130 cm³/mol. The van der Waals surface area contributed by atoms with Crippen LogP contribution in [0.1, 0.15) is 89.3 Å². The van der Waals surface area contributed by atoms with Crippen LogP contribution in [0.3, 0.4) is 0 Å². The molecule has 2 aliphatic carbocycles. The standard InChI is InChI=1S/C28H38N2O3/c1-2-26(30-17-11-20(12-18-30)27(31)32)25-7-5-21-19-23(6-8-24(21)29-25)33-22-9-15-28(16-10-22)13-3-4-14-28/h5-8,19-20,22,26H,2-4,9-18H2,1H3,(H,31,32). The summed E-state index contributed by atoms with van der Waals surface area (Å²) in [5, 5.41) is 10.4. The summed E-state index contributed by atoms with van der Waals surface area (Å²) in [4.78, 5) is 18.7. The molecule has 1 saturated heterocycles. The molecule has 0 amide bonds. The van der Waals surface area contributed by atoms with Crippen molar-refractivity contribution in [3.05, 3.63) is 36.0 Å².